The van der Waals surface area contributed by atoms with Gasteiger partial charge in [-0.3, -0.25) is 0 Å². The van der Waals surface area contributed by atoms with Gasteiger partial charge in [-0.05, 0) is 36.8 Å². The van der Waals surface area contributed by atoms with Crippen LogP contribution in [0.5, 0.6) is 0 Å². The van der Waals surface area contributed by atoms with E-state index in [0.29, 0.717) is 13.1 Å². The van der Waals surface area contributed by atoms with Crippen molar-refractivity contribution in [1.82, 2.24) is 4.31 Å². The third kappa shape index (κ3) is 4.50. The van der Waals surface area contributed by atoms with Crippen LogP contribution in [0.2, 0.25) is 0 Å². The summed E-state index contributed by atoms with van der Waals surface area (Å²) in [6.07, 6.45) is 0.0308. The molecule has 0 unspecified atom stereocenters. The maximum atomic E-state index is 13.2. The molecular weight excluding hydrogens is 460 g/mol. The molecule has 31 heavy (non-hydrogen) atoms. The van der Waals surface area contributed by atoms with E-state index < -0.39 is 40.7 Å². The van der Waals surface area contributed by atoms with E-state index in [2.05, 4.69) is 4.90 Å². The molecule has 2 aromatic rings. The summed E-state index contributed by atoms with van der Waals surface area (Å²) in [7, 11) is -11.2. The Labute approximate surface area is 183 Å². The normalized spacial score (nSPS) is 22.5. The Morgan fingerprint density at radius 1 is 0.806 bits per heavy atom. The largest absolute Gasteiger partial charge is 0.369 e. The molecule has 2 fully saturated rings. The van der Waals surface area contributed by atoms with E-state index >= 15 is 0 Å². The number of hydrogen-bond donors (Lipinski definition) is 0. The Morgan fingerprint density at radius 3 is 2.06 bits per heavy atom. The van der Waals surface area contributed by atoms with Crippen LogP contribution in [0.15, 0.2) is 64.4 Å². The van der Waals surface area contributed by atoms with Gasteiger partial charge in [0.2, 0.25) is 10.0 Å². The zero-order valence-electron chi connectivity index (χ0n) is 16.8. The van der Waals surface area contributed by atoms with Crippen molar-refractivity contribution in [3.8, 4) is 0 Å². The van der Waals surface area contributed by atoms with Gasteiger partial charge in [-0.2, -0.15) is 4.31 Å². The van der Waals surface area contributed by atoms with Crippen molar-refractivity contribution < 1.29 is 25.3 Å². The van der Waals surface area contributed by atoms with Gasteiger partial charge < -0.3 is 4.90 Å². The van der Waals surface area contributed by atoms with Gasteiger partial charge in [0, 0.05) is 31.9 Å². The quantitative estimate of drug-likeness (QED) is 0.626. The number of nitrogens with zero attached hydrogens (tertiary/aromatic N) is 2. The molecule has 0 radical (unpaired) electrons. The third-order valence-corrected chi connectivity index (χ3v) is 11.8. The Morgan fingerprint density at radius 2 is 1.45 bits per heavy atom. The number of para-hydroxylation sites is 1. The molecule has 168 valence electrons. The maximum Gasteiger partial charge on any atom is 0.243 e. The molecule has 0 aliphatic carbocycles. The lowest BCUT2D eigenvalue weighted by molar-refractivity contribution is 0.385. The highest BCUT2D eigenvalue weighted by Crippen LogP contribution is 2.28. The van der Waals surface area contributed by atoms with Crippen molar-refractivity contribution in [2.24, 2.45) is 0 Å². The summed E-state index contributed by atoms with van der Waals surface area (Å²) >= 11 is 0. The summed E-state index contributed by atoms with van der Waals surface area (Å²) in [5, 5.41) is -1.04. The van der Waals surface area contributed by atoms with E-state index in [0.717, 1.165) is 11.8 Å². The first kappa shape index (κ1) is 22.3. The molecule has 0 aromatic heterocycles. The van der Waals surface area contributed by atoms with Crippen LogP contribution in [0.1, 0.15) is 6.42 Å². The highest BCUT2D eigenvalue weighted by atomic mass is 32.2. The van der Waals surface area contributed by atoms with Crippen LogP contribution in [0.4, 0.5) is 5.69 Å². The molecule has 0 saturated carbocycles. The van der Waals surface area contributed by atoms with Crippen molar-refractivity contribution >= 4 is 35.4 Å². The average Bonchev–Trinajstić information content (AvgIpc) is 3.15. The molecule has 2 aromatic carbocycles. The fourth-order valence-electron chi connectivity index (χ4n) is 3.98. The first-order chi connectivity index (χ1) is 14.6. The van der Waals surface area contributed by atoms with E-state index in [4.69, 9.17) is 0 Å². The van der Waals surface area contributed by atoms with Crippen LogP contribution in [0.25, 0.3) is 0 Å². The molecule has 8 nitrogen and oxygen atoms in total. The van der Waals surface area contributed by atoms with Gasteiger partial charge in [-0.15, -0.1) is 0 Å². The lowest BCUT2D eigenvalue weighted by Crippen LogP contribution is -2.48. The minimum Gasteiger partial charge on any atom is -0.369 e. The molecule has 2 heterocycles. The number of hydrogen-bond acceptors (Lipinski definition) is 7. The van der Waals surface area contributed by atoms with Crippen molar-refractivity contribution in [2.45, 2.75) is 21.5 Å². The second-order valence-electron chi connectivity index (χ2n) is 7.77. The standard InChI is InChI=1S/C20H24N2O6S3/c23-29(24)14-9-20(16-29)30(25,26)18-7-4-8-19(15-18)31(27,28)22-12-10-21(11-13-22)17-5-2-1-3-6-17/h1-8,15,20H,9-14,16H2/t20-/m1/s1. The molecule has 0 bridgehead atoms. The summed E-state index contributed by atoms with van der Waals surface area (Å²) in [5.74, 6) is -0.589. The van der Waals surface area contributed by atoms with Gasteiger partial charge in [0.05, 0.1) is 26.5 Å². The number of sulfonamides is 1. The Bertz CT molecular complexity index is 1270. The van der Waals surface area contributed by atoms with E-state index in [1.165, 1.54) is 22.5 Å². The minimum atomic E-state index is -3.94. The first-order valence-corrected chi connectivity index (χ1v) is 14.7. The molecule has 4 rings (SSSR count). The van der Waals surface area contributed by atoms with Gasteiger partial charge in [-0.1, -0.05) is 24.3 Å². The van der Waals surface area contributed by atoms with Crippen LogP contribution in [0.3, 0.4) is 0 Å². The molecule has 0 amide bonds. The second-order valence-corrected chi connectivity index (χ2v) is 14.2. The highest BCUT2D eigenvalue weighted by Gasteiger charge is 2.38. The van der Waals surface area contributed by atoms with Crippen LogP contribution < -0.4 is 4.90 Å². The first-order valence-electron chi connectivity index (χ1n) is 9.94. The SMILES string of the molecule is O=S1(=O)CC[C@@H](S(=O)(=O)c2cccc(S(=O)(=O)N3CCN(c4ccccc4)CC3)c2)C1. The van der Waals surface area contributed by atoms with Crippen molar-refractivity contribution in [2.75, 3.05) is 42.6 Å². The van der Waals surface area contributed by atoms with Crippen molar-refractivity contribution in [1.29, 1.82) is 0 Å². The molecule has 2 saturated heterocycles. The Kier molecular flexibility index (Phi) is 5.88. The van der Waals surface area contributed by atoms with Gasteiger partial charge in [0.15, 0.2) is 19.7 Å². The number of rotatable bonds is 5. The van der Waals surface area contributed by atoms with Crippen LogP contribution >= 0.6 is 0 Å². The van der Waals surface area contributed by atoms with Gasteiger partial charge in [0.1, 0.15) is 0 Å². The summed E-state index contributed by atoms with van der Waals surface area (Å²) in [6, 6.07) is 15.0. The third-order valence-electron chi connectivity index (χ3n) is 5.76. The predicted molar refractivity (Wildman–Crippen MR) is 118 cm³/mol. The van der Waals surface area contributed by atoms with Crippen LogP contribution in [-0.4, -0.2) is 72.5 Å². The lowest BCUT2D eigenvalue weighted by atomic mass is 10.2. The zero-order valence-corrected chi connectivity index (χ0v) is 19.2. The smallest absolute Gasteiger partial charge is 0.243 e. The van der Waals surface area contributed by atoms with E-state index in [-0.39, 0.29) is 35.1 Å². The zero-order chi connectivity index (χ0) is 22.3. The average molecular weight is 485 g/mol. The van der Waals surface area contributed by atoms with Crippen LogP contribution in [-0.2, 0) is 29.7 Å². The van der Waals surface area contributed by atoms with Gasteiger partial charge >= 0.3 is 0 Å². The maximum absolute atomic E-state index is 13.2. The molecular formula is C20H24N2O6S3. The fourth-order valence-corrected chi connectivity index (χ4v) is 9.93. The van der Waals surface area contributed by atoms with Crippen LogP contribution in [0, 0.1) is 0 Å². The summed E-state index contributed by atoms with van der Waals surface area (Å²) < 4.78 is 76.9. The molecule has 0 spiro atoms. The van der Waals surface area contributed by atoms with Crippen molar-refractivity contribution in [3.63, 3.8) is 0 Å². The summed E-state index contributed by atoms with van der Waals surface area (Å²) in [5.41, 5.74) is 1.03. The number of sulfone groups is 2. The molecule has 2 aliphatic heterocycles. The summed E-state index contributed by atoms with van der Waals surface area (Å²) in [4.78, 5) is 1.86. The number of anilines is 1. The Balaban J connectivity index is 1.53. The molecule has 1 atom stereocenters. The lowest BCUT2D eigenvalue weighted by Gasteiger charge is -2.35. The van der Waals surface area contributed by atoms with Crippen molar-refractivity contribution in [3.05, 3.63) is 54.6 Å². The number of piperazine rings is 1. The minimum absolute atomic E-state index is 0.0308. The molecule has 2 aliphatic rings. The fraction of sp³-hybridized carbons (Fsp3) is 0.400. The molecule has 11 heteroatoms. The monoisotopic (exact) mass is 484 g/mol. The van der Waals surface area contributed by atoms with Gasteiger partial charge in [-0.25, -0.2) is 25.3 Å². The Hall–Kier alpha value is -1.95. The topological polar surface area (TPSA) is 109 Å². The second kappa shape index (κ2) is 8.19. The van der Waals surface area contributed by atoms with E-state index in [1.54, 1.807) is 0 Å². The summed E-state index contributed by atoms with van der Waals surface area (Å²) in [6.45, 7) is 1.63. The highest BCUT2D eigenvalue weighted by molar-refractivity contribution is 7.96. The molecule has 0 N–H and O–H groups in total. The number of benzene rings is 2. The van der Waals surface area contributed by atoms with E-state index in [1.807, 2.05) is 30.3 Å². The van der Waals surface area contributed by atoms with Gasteiger partial charge in [0.25, 0.3) is 0 Å². The predicted octanol–water partition coefficient (Wildman–Crippen LogP) is 1.16. The van der Waals surface area contributed by atoms with E-state index in [9.17, 15) is 25.3 Å².